The van der Waals surface area contributed by atoms with Crippen molar-refractivity contribution in [1.29, 1.82) is 0 Å². The third kappa shape index (κ3) is 5.30. The summed E-state index contributed by atoms with van der Waals surface area (Å²) in [4.78, 5) is 12.9. The summed E-state index contributed by atoms with van der Waals surface area (Å²) >= 11 is 5.94. The van der Waals surface area contributed by atoms with E-state index in [1.807, 2.05) is 26.8 Å². The molecule has 3 aromatic carbocycles. The molecule has 1 aliphatic rings. The SMILES string of the molecule is CC(C)(C)c1cccc(S(=O)(=O)N2C=C=Cc3ccc(NC(=O)c4c(Cl)cccc4C(F)(F)F)cc32)c1. The zero-order valence-electron chi connectivity index (χ0n) is 20.0. The second-order valence-corrected chi connectivity index (χ2v) is 11.6. The lowest BCUT2D eigenvalue weighted by atomic mass is 9.87. The number of carbonyl (C=O) groups excluding carboxylic acids is 1. The summed E-state index contributed by atoms with van der Waals surface area (Å²) < 4.78 is 68.6. The first kappa shape index (κ1) is 26.5. The van der Waals surface area contributed by atoms with E-state index in [0.717, 1.165) is 22.0 Å². The van der Waals surface area contributed by atoms with Crippen molar-refractivity contribution in [3.8, 4) is 0 Å². The first-order valence-corrected chi connectivity index (χ1v) is 12.9. The minimum atomic E-state index is -4.80. The van der Waals surface area contributed by atoms with Gasteiger partial charge in [0, 0.05) is 11.3 Å². The van der Waals surface area contributed by atoms with Gasteiger partial charge in [0.2, 0.25) is 0 Å². The van der Waals surface area contributed by atoms with Crippen molar-refractivity contribution in [2.24, 2.45) is 0 Å². The topological polar surface area (TPSA) is 66.5 Å². The molecule has 0 aromatic heterocycles. The van der Waals surface area contributed by atoms with Gasteiger partial charge >= 0.3 is 6.18 Å². The minimum Gasteiger partial charge on any atom is -0.322 e. The highest BCUT2D eigenvalue weighted by molar-refractivity contribution is 7.93. The van der Waals surface area contributed by atoms with Crippen LogP contribution in [0.3, 0.4) is 0 Å². The number of nitrogens with zero attached hydrogens (tertiary/aromatic N) is 1. The fraction of sp³-hybridized carbons (Fsp3) is 0.185. The lowest BCUT2D eigenvalue weighted by molar-refractivity contribution is -0.137. The Bertz CT molecular complexity index is 1570. The molecule has 0 fully saturated rings. The van der Waals surface area contributed by atoms with Crippen molar-refractivity contribution in [2.45, 2.75) is 37.3 Å². The van der Waals surface area contributed by atoms with Gasteiger partial charge in [-0.2, -0.15) is 13.2 Å². The molecule has 1 aliphatic heterocycles. The van der Waals surface area contributed by atoms with Crippen LogP contribution in [0.1, 0.15) is 47.8 Å². The molecule has 5 nitrogen and oxygen atoms in total. The monoisotopic (exact) mass is 546 g/mol. The number of sulfonamides is 1. The van der Waals surface area contributed by atoms with E-state index in [0.29, 0.717) is 5.56 Å². The summed E-state index contributed by atoms with van der Waals surface area (Å²) in [5, 5.41) is 2.05. The van der Waals surface area contributed by atoms with Crippen molar-refractivity contribution in [3.63, 3.8) is 0 Å². The van der Waals surface area contributed by atoms with Crippen LogP contribution < -0.4 is 9.62 Å². The largest absolute Gasteiger partial charge is 0.417 e. The number of amides is 1. The molecular weight excluding hydrogens is 525 g/mol. The van der Waals surface area contributed by atoms with Gasteiger partial charge in [0.15, 0.2) is 0 Å². The van der Waals surface area contributed by atoms with E-state index in [2.05, 4.69) is 11.0 Å². The molecule has 37 heavy (non-hydrogen) atoms. The number of nitrogens with one attached hydrogen (secondary N) is 1. The van der Waals surface area contributed by atoms with Gasteiger partial charge in [-0.1, -0.05) is 56.6 Å². The van der Waals surface area contributed by atoms with Crippen LogP contribution in [0.4, 0.5) is 24.5 Å². The molecule has 0 atom stereocenters. The Labute approximate surface area is 217 Å². The minimum absolute atomic E-state index is 0.0613. The van der Waals surface area contributed by atoms with E-state index < -0.39 is 33.2 Å². The van der Waals surface area contributed by atoms with Gasteiger partial charge in [0.05, 0.1) is 32.9 Å². The van der Waals surface area contributed by atoms with Crippen LogP contribution in [-0.4, -0.2) is 14.3 Å². The second kappa shape index (κ2) is 9.41. The molecule has 0 bridgehead atoms. The quantitative estimate of drug-likeness (QED) is 0.351. The molecule has 192 valence electrons. The Hall–Kier alpha value is -3.52. The van der Waals surface area contributed by atoms with E-state index in [1.54, 1.807) is 18.2 Å². The van der Waals surface area contributed by atoms with E-state index >= 15 is 0 Å². The van der Waals surface area contributed by atoms with Crippen LogP contribution in [0.5, 0.6) is 0 Å². The molecule has 10 heteroatoms. The van der Waals surface area contributed by atoms with Crippen molar-refractivity contribution in [3.05, 3.63) is 99.9 Å². The number of benzene rings is 3. The summed E-state index contributed by atoms with van der Waals surface area (Å²) in [6.45, 7) is 5.90. The molecule has 0 unspecified atom stereocenters. The second-order valence-electron chi connectivity index (χ2n) is 9.41. The normalized spacial score (nSPS) is 13.4. The third-order valence-corrected chi connectivity index (χ3v) is 7.74. The highest BCUT2D eigenvalue weighted by atomic mass is 35.5. The number of fused-ring (bicyclic) bond motifs is 1. The Morgan fingerprint density at radius 1 is 1.00 bits per heavy atom. The predicted octanol–water partition coefficient (Wildman–Crippen LogP) is 7.24. The summed E-state index contributed by atoms with van der Waals surface area (Å²) in [6.07, 6.45) is -1.98. The van der Waals surface area contributed by atoms with E-state index in [-0.39, 0.29) is 26.7 Å². The number of hydrogen-bond acceptors (Lipinski definition) is 3. The number of alkyl halides is 3. The summed E-state index contributed by atoms with van der Waals surface area (Å²) in [5.74, 6) is -1.08. The van der Waals surface area contributed by atoms with Gasteiger partial charge in [0.25, 0.3) is 15.9 Å². The molecule has 0 spiro atoms. The van der Waals surface area contributed by atoms with Gasteiger partial charge in [-0.15, -0.1) is 5.73 Å². The number of carbonyl (C=O) groups is 1. The summed E-state index contributed by atoms with van der Waals surface area (Å²) in [5.41, 5.74) is 2.22. The maximum atomic E-state index is 13.6. The van der Waals surface area contributed by atoms with Gasteiger partial charge in [-0.05, 0) is 53.5 Å². The van der Waals surface area contributed by atoms with Crippen molar-refractivity contribution >= 4 is 45.0 Å². The molecule has 0 saturated carbocycles. The fourth-order valence-corrected chi connectivity index (χ4v) is 5.45. The van der Waals surface area contributed by atoms with Crippen LogP contribution in [-0.2, 0) is 21.6 Å². The summed E-state index contributed by atoms with van der Waals surface area (Å²) in [7, 11) is -4.08. The number of anilines is 2. The Morgan fingerprint density at radius 3 is 2.38 bits per heavy atom. The molecule has 1 N–H and O–H groups in total. The first-order chi connectivity index (χ1) is 17.2. The molecule has 0 radical (unpaired) electrons. The van der Waals surface area contributed by atoms with Crippen molar-refractivity contribution < 1.29 is 26.4 Å². The zero-order valence-corrected chi connectivity index (χ0v) is 21.6. The standard InChI is InChI=1S/C27H22ClF3N2O3S/c1-26(2,3)18-8-4-9-20(15-18)37(35,36)33-14-6-7-17-12-13-19(16-23(17)33)32-25(34)24-21(27(29,30)31)10-5-11-22(24)28/h4-5,7-16H,1-3H3,(H,32,34). The van der Waals surface area contributed by atoms with E-state index in [1.165, 1.54) is 36.5 Å². The average Bonchev–Trinajstić information content (AvgIpc) is 2.82. The molecule has 0 aliphatic carbocycles. The Kier molecular flexibility index (Phi) is 6.75. The molecule has 1 heterocycles. The smallest absolute Gasteiger partial charge is 0.322 e. The highest BCUT2D eigenvalue weighted by Crippen LogP contribution is 2.37. The Morgan fingerprint density at radius 2 is 1.70 bits per heavy atom. The molecule has 3 aromatic rings. The van der Waals surface area contributed by atoms with Crippen LogP contribution in [0.2, 0.25) is 5.02 Å². The predicted molar refractivity (Wildman–Crippen MR) is 138 cm³/mol. The highest BCUT2D eigenvalue weighted by Gasteiger charge is 2.36. The first-order valence-electron chi connectivity index (χ1n) is 11.1. The lowest BCUT2D eigenvalue weighted by Gasteiger charge is -2.25. The fourth-order valence-electron chi connectivity index (χ4n) is 3.82. The van der Waals surface area contributed by atoms with Gasteiger partial charge in [-0.3, -0.25) is 4.79 Å². The zero-order chi connectivity index (χ0) is 27.2. The maximum Gasteiger partial charge on any atom is 0.417 e. The van der Waals surface area contributed by atoms with Crippen LogP contribution in [0.15, 0.2) is 77.5 Å². The molecule has 1 amide bonds. The molecule has 4 rings (SSSR count). The third-order valence-electron chi connectivity index (χ3n) is 5.76. The molecular formula is C27H22ClF3N2O3S. The van der Waals surface area contributed by atoms with Crippen LogP contribution >= 0.6 is 11.6 Å². The number of rotatable bonds is 4. The van der Waals surface area contributed by atoms with Gasteiger partial charge < -0.3 is 5.32 Å². The van der Waals surface area contributed by atoms with Gasteiger partial charge in [-0.25, -0.2) is 12.7 Å². The maximum absolute atomic E-state index is 13.6. The van der Waals surface area contributed by atoms with Gasteiger partial charge in [0.1, 0.15) is 0 Å². The van der Waals surface area contributed by atoms with Crippen molar-refractivity contribution in [1.82, 2.24) is 0 Å². The molecule has 0 saturated heterocycles. The van der Waals surface area contributed by atoms with E-state index in [9.17, 15) is 26.4 Å². The average molecular weight is 547 g/mol. The summed E-state index contributed by atoms with van der Waals surface area (Å²) in [6, 6.07) is 14.0. The number of halogens is 4. The van der Waals surface area contributed by atoms with E-state index in [4.69, 9.17) is 11.6 Å². The van der Waals surface area contributed by atoms with Crippen LogP contribution in [0, 0.1) is 0 Å². The van der Waals surface area contributed by atoms with Crippen molar-refractivity contribution in [2.75, 3.05) is 9.62 Å². The van der Waals surface area contributed by atoms with Crippen LogP contribution in [0.25, 0.3) is 6.08 Å². The Balaban J connectivity index is 1.72. The lowest BCUT2D eigenvalue weighted by Crippen LogP contribution is -2.27. The number of hydrogen-bond donors (Lipinski definition) is 1.